The molecule has 1 rings (SSSR count). The van der Waals surface area contributed by atoms with E-state index in [0.717, 1.165) is 5.56 Å². The fraction of sp³-hybridized carbons (Fsp3) is 0.417. The van der Waals surface area contributed by atoms with Gasteiger partial charge in [-0.3, -0.25) is 9.78 Å². The van der Waals surface area contributed by atoms with Crippen LogP contribution in [-0.2, 0) is 20.0 Å². The molecule has 0 fully saturated rings. The van der Waals surface area contributed by atoms with Crippen molar-refractivity contribution in [1.82, 2.24) is 4.98 Å². The largest absolute Gasteiger partial charge is 0.465 e. The third kappa shape index (κ3) is 4.71. The lowest BCUT2D eigenvalue weighted by Gasteiger charge is -2.22. The standard InChI is InChI=1S/C12H16N2O5S/c1-7(15)18-5-9(11(16)19-12(13)17)10-8(6-20)3-2-4-14-10/h2-4,9,11,16,20H,5-6H2,1H3,(H2,13,17)/t9-,11?/m1/s1. The second kappa shape index (κ2) is 7.71. The van der Waals surface area contributed by atoms with Crippen molar-refractivity contribution in [2.24, 2.45) is 5.73 Å². The summed E-state index contributed by atoms with van der Waals surface area (Å²) in [5, 5.41) is 9.89. The van der Waals surface area contributed by atoms with Gasteiger partial charge in [-0.15, -0.1) is 0 Å². The number of aliphatic hydroxyl groups is 1. The fourth-order valence-electron chi connectivity index (χ4n) is 1.62. The summed E-state index contributed by atoms with van der Waals surface area (Å²) >= 11 is 4.16. The normalized spacial score (nSPS) is 13.3. The predicted octanol–water partition coefficient (Wildman–Crippen LogP) is 0.572. The third-order valence-corrected chi connectivity index (χ3v) is 2.84. The number of nitrogens with zero attached hydrogens (tertiary/aromatic N) is 1. The van der Waals surface area contributed by atoms with Crippen molar-refractivity contribution in [3.63, 3.8) is 0 Å². The Hall–Kier alpha value is -1.80. The van der Waals surface area contributed by atoms with Crippen LogP contribution in [0.3, 0.4) is 0 Å². The molecule has 0 spiro atoms. The zero-order chi connectivity index (χ0) is 15.1. The van der Waals surface area contributed by atoms with E-state index in [1.165, 1.54) is 13.1 Å². The molecule has 0 saturated carbocycles. The Morgan fingerprint density at radius 1 is 1.55 bits per heavy atom. The topological polar surface area (TPSA) is 112 Å². The number of nitrogens with two attached hydrogens (primary N) is 1. The van der Waals surface area contributed by atoms with Gasteiger partial charge in [0, 0.05) is 18.9 Å². The molecule has 0 bridgehead atoms. The summed E-state index contributed by atoms with van der Waals surface area (Å²) in [6.07, 6.45) is -1.19. The molecule has 0 aliphatic carbocycles. The highest BCUT2D eigenvalue weighted by atomic mass is 32.1. The van der Waals surface area contributed by atoms with Crippen molar-refractivity contribution in [2.75, 3.05) is 6.61 Å². The van der Waals surface area contributed by atoms with Gasteiger partial charge in [-0.2, -0.15) is 12.6 Å². The van der Waals surface area contributed by atoms with Crippen LogP contribution in [0.15, 0.2) is 18.3 Å². The zero-order valence-corrected chi connectivity index (χ0v) is 11.7. The number of rotatable bonds is 6. The van der Waals surface area contributed by atoms with Crippen molar-refractivity contribution < 1.29 is 24.2 Å². The average molecular weight is 300 g/mol. The molecule has 1 aromatic heterocycles. The Kier molecular flexibility index (Phi) is 6.26. The van der Waals surface area contributed by atoms with Crippen LogP contribution in [0.5, 0.6) is 0 Å². The Balaban J connectivity index is 3.01. The first-order valence-electron chi connectivity index (χ1n) is 5.77. The van der Waals surface area contributed by atoms with Gasteiger partial charge in [0.15, 0.2) is 0 Å². The SMILES string of the molecule is CC(=O)OC[C@H](c1ncccc1CS)C(O)OC(N)=O. The molecule has 1 aromatic rings. The van der Waals surface area contributed by atoms with Gasteiger partial charge in [0.1, 0.15) is 6.61 Å². The molecule has 110 valence electrons. The molecular formula is C12H16N2O5S. The van der Waals surface area contributed by atoms with Gasteiger partial charge in [-0.05, 0) is 11.6 Å². The minimum Gasteiger partial charge on any atom is -0.465 e. The third-order valence-electron chi connectivity index (χ3n) is 2.49. The average Bonchev–Trinajstić information content (AvgIpc) is 2.38. The smallest absolute Gasteiger partial charge is 0.406 e. The number of esters is 1. The highest BCUT2D eigenvalue weighted by Crippen LogP contribution is 2.24. The maximum atomic E-state index is 10.9. The van der Waals surface area contributed by atoms with Crippen molar-refractivity contribution >= 4 is 24.7 Å². The molecule has 0 aromatic carbocycles. The van der Waals surface area contributed by atoms with Crippen molar-refractivity contribution in [1.29, 1.82) is 0 Å². The Labute approximate surface area is 121 Å². The summed E-state index contributed by atoms with van der Waals surface area (Å²) in [6, 6.07) is 3.46. The maximum Gasteiger partial charge on any atom is 0.406 e. The molecule has 3 N–H and O–H groups in total. The van der Waals surface area contributed by atoms with E-state index in [4.69, 9.17) is 10.5 Å². The highest BCUT2D eigenvalue weighted by molar-refractivity contribution is 7.79. The first kappa shape index (κ1) is 16.3. The molecule has 2 atom stereocenters. The van der Waals surface area contributed by atoms with Crippen LogP contribution in [0.25, 0.3) is 0 Å². The molecule has 1 unspecified atom stereocenters. The van der Waals surface area contributed by atoms with Crippen LogP contribution >= 0.6 is 12.6 Å². The monoisotopic (exact) mass is 300 g/mol. The molecule has 1 heterocycles. The van der Waals surface area contributed by atoms with Crippen molar-refractivity contribution in [3.8, 4) is 0 Å². The van der Waals surface area contributed by atoms with E-state index >= 15 is 0 Å². The summed E-state index contributed by atoms with van der Waals surface area (Å²) in [5.41, 5.74) is 6.02. The second-order valence-electron chi connectivity index (χ2n) is 3.94. The van der Waals surface area contributed by atoms with Crippen molar-refractivity contribution in [2.45, 2.75) is 24.9 Å². The zero-order valence-electron chi connectivity index (χ0n) is 10.9. The van der Waals surface area contributed by atoms with Crippen LogP contribution in [0.1, 0.15) is 24.1 Å². The minimum atomic E-state index is -1.57. The lowest BCUT2D eigenvalue weighted by Crippen LogP contribution is -2.32. The lowest BCUT2D eigenvalue weighted by molar-refractivity contribution is -0.145. The van der Waals surface area contributed by atoms with Crippen molar-refractivity contribution in [3.05, 3.63) is 29.6 Å². The van der Waals surface area contributed by atoms with Gasteiger partial charge in [-0.25, -0.2) is 4.79 Å². The van der Waals surface area contributed by atoms with E-state index in [1.54, 1.807) is 12.1 Å². The number of primary amides is 1. The molecule has 1 amide bonds. The predicted molar refractivity (Wildman–Crippen MR) is 73.0 cm³/mol. The van der Waals surface area contributed by atoms with Crippen LogP contribution in [0.2, 0.25) is 0 Å². The number of hydrogen-bond donors (Lipinski definition) is 3. The molecular weight excluding hydrogens is 284 g/mol. The molecule has 7 nitrogen and oxygen atoms in total. The van der Waals surface area contributed by atoms with E-state index in [1.807, 2.05) is 0 Å². The number of amides is 1. The van der Waals surface area contributed by atoms with Crippen LogP contribution in [0, 0.1) is 0 Å². The van der Waals surface area contributed by atoms with E-state index in [-0.39, 0.29) is 6.61 Å². The van der Waals surface area contributed by atoms with Crippen LogP contribution in [0.4, 0.5) is 4.79 Å². The van der Waals surface area contributed by atoms with E-state index in [9.17, 15) is 14.7 Å². The number of thiol groups is 1. The van der Waals surface area contributed by atoms with Crippen LogP contribution in [-0.4, -0.2) is 35.0 Å². The number of hydrogen-bond acceptors (Lipinski definition) is 7. The Morgan fingerprint density at radius 2 is 2.25 bits per heavy atom. The number of carbonyl (C=O) groups is 2. The van der Waals surface area contributed by atoms with Gasteiger partial charge in [0.2, 0.25) is 6.29 Å². The van der Waals surface area contributed by atoms with E-state index in [0.29, 0.717) is 11.4 Å². The molecule has 0 radical (unpaired) electrons. The molecule has 8 heteroatoms. The van der Waals surface area contributed by atoms with Gasteiger partial charge < -0.3 is 20.3 Å². The maximum absolute atomic E-state index is 10.9. The number of aliphatic hydroxyl groups excluding tert-OH is 1. The highest BCUT2D eigenvalue weighted by Gasteiger charge is 2.28. The summed E-state index contributed by atoms with van der Waals surface area (Å²) in [7, 11) is 0. The van der Waals surface area contributed by atoms with Gasteiger partial charge >= 0.3 is 12.1 Å². The molecule has 0 aliphatic heterocycles. The number of carbonyl (C=O) groups excluding carboxylic acids is 2. The first-order chi connectivity index (χ1) is 9.45. The minimum absolute atomic E-state index is 0.193. The quantitative estimate of drug-likeness (QED) is 0.402. The molecule has 0 saturated heterocycles. The molecule has 20 heavy (non-hydrogen) atoms. The Bertz CT molecular complexity index is 483. The van der Waals surface area contributed by atoms with E-state index in [2.05, 4.69) is 22.3 Å². The second-order valence-corrected chi connectivity index (χ2v) is 4.26. The summed E-state index contributed by atoms with van der Waals surface area (Å²) < 4.78 is 9.40. The summed E-state index contributed by atoms with van der Waals surface area (Å²) in [4.78, 5) is 25.8. The lowest BCUT2D eigenvalue weighted by atomic mass is 10.0. The number of pyridine rings is 1. The van der Waals surface area contributed by atoms with Gasteiger partial charge in [0.05, 0.1) is 11.6 Å². The Morgan fingerprint density at radius 3 is 2.80 bits per heavy atom. The summed E-state index contributed by atoms with van der Waals surface area (Å²) in [5.74, 6) is -0.998. The first-order valence-corrected chi connectivity index (χ1v) is 6.41. The van der Waals surface area contributed by atoms with Gasteiger partial charge in [0.25, 0.3) is 0 Å². The fourth-order valence-corrected chi connectivity index (χ4v) is 1.89. The molecule has 0 aliphatic rings. The number of aromatic nitrogens is 1. The number of ether oxygens (including phenoxy) is 2. The van der Waals surface area contributed by atoms with Gasteiger partial charge in [-0.1, -0.05) is 6.07 Å². The summed E-state index contributed by atoms with van der Waals surface area (Å²) in [6.45, 7) is 1.04. The van der Waals surface area contributed by atoms with Crippen LogP contribution < -0.4 is 5.73 Å². The van der Waals surface area contributed by atoms with E-state index < -0.39 is 24.3 Å².